The van der Waals surface area contributed by atoms with Crippen LogP contribution in [0.3, 0.4) is 0 Å². The van der Waals surface area contributed by atoms with E-state index >= 15 is 0 Å². The Labute approximate surface area is 94.9 Å². The molecule has 1 saturated heterocycles. The molecule has 16 heavy (non-hydrogen) atoms. The van der Waals surface area contributed by atoms with Gasteiger partial charge in [-0.05, 0) is 13.1 Å². The molecule has 0 amide bonds. The van der Waals surface area contributed by atoms with E-state index in [4.69, 9.17) is 5.73 Å². The zero-order valence-electron chi connectivity index (χ0n) is 9.49. The highest BCUT2D eigenvalue weighted by Crippen LogP contribution is 2.19. The van der Waals surface area contributed by atoms with Crippen LogP contribution >= 0.6 is 0 Å². The maximum absolute atomic E-state index is 13.0. The van der Waals surface area contributed by atoms with Crippen molar-refractivity contribution in [3.8, 4) is 0 Å². The highest BCUT2D eigenvalue weighted by molar-refractivity contribution is 5.47. The minimum absolute atomic E-state index is 0.321. The lowest BCUT2D eigenvalue weighted by Crippen LogP contribution is -2.45. The second-order valence-corrected chi connectivity index (χ2v) is 4.13. The van der Waals surface area contributed by atoms with Gasteiger partial charge < -0.3 is 15.5 Å². The first kappa shape index (κ1) is 11.3. The summed E-state index contributed by atoms with van der Waals surface area (Å²) in [6.07, 6.45) is 1.26. The SMILES string of the molecule is CN1CCN(c2ncc(F)cc2CN)CC1. The van der Waals surface area contributed by atoms with E-state index in [9.17, 15) is 4.39 Å². The van der Waals surface area contributed by atoms with Crippen LogP contribution in [0.25, 0.3) is 0 Å². The lowest BCUT2D eigenvalue weighted by atomic mass is 10.2. The number of rotatable bonds is 2. The summed E-state index contributed by atoms with van der Waals surface area (Å²) in [5.74, 6) is 0.510. The van der Waals surface area contributed by atoms with Crippen molar-refractivity contribution in [2.24, 2.45) is 5.73 Å². The van der Waals surface area contributed by atoms with Crippen LogP contribution in [-0.2, 0) is 6.54 Å². The average Bonchev–Trinajstić information content (AvgIpc) is 2.30. The molecule has 0 spiro atoms. The first-order chi connectivity index (χ1) is 7.70. The van der Waals surface area contributed by atoms with Gasteiger partial charge in [0.15, 0.2) is 0 Å². The Bertz CT molecular complexity index is 361. The molecule has 0 saturated carbocycles. The van der Waals surface area contributed by atoms with Gasteiger partial charge in [-0.15, -0.1) is 0 Å². The Hall–Kier alpha value is -1.20. The van der Waals surface area contributed by atoms with E-state index in [2.05, 4.69) is 21.8 Å². The zero-order valence-corrected chi connectivity index (χ0v) is 9.49. The van der Waals surface area contributed by atoms with Crippen molar-refractivity contribution in [2.75, 3.05) is 38.1 Å². The molecule has 1 aromatic heterocycles. The Morgan fingerprint density at radius 3 is 2.69 bits per heavy atom. The van der Waals surface area contributed by atoms with Crippen LogP contribution in [-0.4, -0.2) is 43.1 Å². The highest BCUT2D eigenvalue weighted by atomic mass is 19.1. The summed E-state index contributed by atoms with van der Waals surface area (Å²) in [6.45, 7) is 4.17. The van der Waals surface area contributed by atoms with E-state index in [1.807, 2.05) is 0 Å². The van der Waals surface area contributed by atoms with Gasteiger partial charge in [-0.3, -0.25) is 0 Å². The fourth-order valence-electron chi connectivity index (χ4n) is 1.93. The molecule has 0 atom stereocenters. The zero-order chi connectivity index (χ0) is 11.5. The van der Waals surface area contributed by atoms with Crippen molar-refractivity contribution < 1.29 is 4.39 Å². The van der Waals surface area contributed by atoms with Crippen LogP contribution in [0.1, 0.15) is 5.56 Å². The molecule has 0 radical (unpaired) electrons. The lowest BCUT2D eigenvalue weighted by molar-refractivity contribution is 0.311. The number of likely N-dealkylation sites (N-methyl/N-ethyl adjacent to an activating group) is 1. The summed E-state index contributed by atoms with van der Waals surface area (Å²) in [7, 11) is 2.10. The van der Waals surface area contributed by atoms with E-state index in [1.165, 1.54) is 12.3 Å². The van der Waals surface area contributed by atoms with Crippen LogP contribution in [0.4, 0.5) is 10.2 Å². The van der Waals surface area contributed by atoms with Crippen LogP contribution in [0.2, 0.25) is 0 Å². The van der Waals surface area contributed by atoms with Gasteiger partial charge in [0.1, 0.15) is 11.6 Å². The normalized spacial score (nSPS) is 17.8. The van der Waals surface area contributed by atoms with E-state index < -0.39 is 0 Å². The number of piperazine rings is 1. The number of hydrogen-bond acceptors (Lipinski definition) is 4. The number of pyridine rings is 1. The summed E-state index contributed by atoms with van der Waals surface area (Å²) >= 11 is 0. The van der Waals surface area contributed by atoms with Crippen molar-refractivity contribution in [2.45, 2.75) is 6.54 Å². The minimum atomic E-state index is -0.321. The molecule has 0 aromatic carbocycles. The van der Waals surface area contributed by atoms with Crippen LogP contribution in [0, 0.1) is 5.82 Å². The average molecular weight is 224 g/mol. The smallest absolute Gasteiger partial charge is 0.141 e. The van der Waals surface area contributed by atoms with Gasteiger partial charge in [0, 0.05) is 38.3 Å². The van der Waals surface area contributed by atoms with E-state index in [0.717, 1.165) is 37.6 Å². The number of aromatic nitrogens is 1. The molecule has 0 aliphatic carbocycles. The van der Waals surface area contributed by atoms with E-state index in [0.29, 0.717) is 6.54 Å². The maximum Gasteiger partial charge on any atom is 0.141 e. The van der Waals surface area contributed by atoms with Crippen molar-refractivity contribution in [3.63, 3.8) is 0 Å². The third-order valence-electron chi connectivity index (χ3n) is 2.93. The van der Waals surface area contributed by atoms with E-state index in [-0.39, 0.29) is 5.82 Å². The number of halogens is 1. The number of nitrogens with two attached hydrogens (primary N) is 1. The van der Waals surface area contributed by atoms with Crippen LogP contribution < -0.4 is 10.6 Å². The maximum atomic E-state index is 13.0. The standard InChI is InChI=1S/C11H17FN4/c1-15-2-4-16(5-3-15)11-9(7-13)6-10(12)8-14-11/h6,8H,2-5,7,13H2,1H3. The molecule has 1 aromatic rings. The molecular weight excluding hydrogens is 207 g/mol. The molecule has 2 rings (SSSR count). The molecule has 5 heteroatoms. The predicted octanol–water partition coefficient (Wildman–Crippen LogP) is 0.431. The van der Waals surface area contributed by atoms with Crippen molar-refractivity contribution in [1.82, 2.24) is 9.88 Å². The largest absolute Gasteiger partial charge is 0.354 e. The van der Waals surface area contributed by atoms with Crippen LogP contribution in [0.15, 0.2) is 12.3 Å². The van der Waals surface area contributed by atoms with Gasteiger partial charge >= 0.3 is 0 Å². The van der Waals surface area contributed by atoms with Crippen LogP contribution in [0.5, 0.6) is 0 Å². The number of hydrogen-bond donors (Lipinski definition) is 1. The van der Waals surface area contributed by atoms with Crippen molar-refractivity contribution in [1.29, 1.82) is 0 Å². The van der Waals surface area contributed by atoms with Crippen molar-refractivity contribution in [3.05, 3.63) is 23.6 Å². The first-order valence-electron chi connectivity index (χ1n) is 5.48. The molecule has 1 aliphatic rings. The molecule has 1 aliphatic heterocycles. The third-order valence-corrected chi connectivity index (χ3v) is 2.93. The Kier molecular flexibility index (Phi) is 3.36. The Morgan fingerprint density at radius 1 is 1.38 bits per heavy atom. The van der Waals surface area contributed by atoms with Crippen molar-refractivity contribution >= 4 is 5.82 Å². The van der Waals surface area contributed by atoms with E-state index in [1.54, 1.807) is 0 Å². The molecule has 0 unspecified atom stereocenters. The molecule has 4 nitrogen and oxygen atoms in total. The molecule has 2 N–H and O–H groups in total. The van der Waals surface area contributed by atoms with Gasteiger partial charge in [0.25, 0.3) is 0 Å². The Morgan fingerprint density at radius 2 is 2.06 bits per heavy atom. The third kappa shape index (κ3) is 2.31. The van der Waals surface area contributed by atoms with Gasteiger partial charge in [-0.25, -0.2) is 9.37 Å². The van der Waals surface area contributed by atoms with Gasteiger partial charge in [0.2, 0.25) is 0 Å². The molecule has 0 bridgehead atoms. The predicted molar refractivity (Wildman–Crippen MR) is 61.8 cm³/mol. The molecular formula is C11H17FN4. The van der Waals surface area contributed by atoms with Gasteiger partial charge in [-0.2, -0.15) is 0 Å². The lowest BCUT2D eigenvalue weighted by Gasteiger charge is -2.34. The second kappa shape index (κ2) is 4.76. The quantitative estimate of drug-likeness (QED) is 0.791. The number of nitrogens with zero attached hydrogens (tertiary/aromatic N) is 3. The first-order valence-corrected chi connectivity index (χ1v) is 5.48. The molecule has 2 heterocycles. The molecule has 88 valence electrons. The Balaban J connectivity index is 2.19. The highest BCUT2D eigenvalue weighted by Gasteiger charge is 2.17. The molecule has 1 fully saturated rings. The minimum Gasteiger partial charge on any atom is -0.354 e. The summed E-state index contributed by atoms with van der Waals surface area (Å²) in [4.78, 5) is 8.58. The fraction of sp³-hybridized carbons (Fsp3) is 0.545. The summed E-state index contributed by atoms with van der Waals surface area (Å²) in [5.41, 5.74) is 6.39. The summed E-state index contributed by atoms with van der Waals surface area (Å²) in [6, 6.07) is 1.47. The second-order valence-electron chi connectivity index (χ2n) is 4.13. The van der Waals surface area contributed by atoms with Gasteiger partial charge in [-0.1, -0.05) is 0 Å². The summed E-state index contributed by atoms with van der Waals surface area (Å²) in [5, 5.41) is 0. The fourth-order valence-corrected chi connectivity index (χ4v) is 1.93. The monoisotopic (exact) mass is 224 g/mol. The topological polar surface area (TPSA) is 45.4 Å². The number of anilines is 1. The summed E-state index contributed by atoms with van der Waals surface area (Å²) < 4.78 is 13.0. The van der Waals surface area contributed by atoms with Gasteiger partial charge in [0.05, 0.1) is 6.20 Å².